The van der Waals surface area contributed by atoms with Gasteiger partial charge in [-0.2, -0.15) is 10.4 Å². The molecule has 0 bridgehead atoms. The fourth-order valence-electron chi connectivity index (χ4n) is 3.37. The van der Waals surface area contributed by atoms with E-state index in [1.165, 1.54) is 24.7 Å². The number of carbonyl (C=O) groups is 1. The van der Waals surface area contributed by atoms with E-state index in [1.807, 2.05) is 35.6 Å². The average Bonchev–Trinajstić information content (AvgIpc) is 3.16. The number of hydrogen-bond donors (Lipinski definition) is 1. The first kappa shape index (κ1) is 23.6. The van der Waals surface area contributed by atoms with Gasteiger partial charge in [-0.15, -0.1) is 0 Å². The fourth-order valence-corrected chi connectivity index (χ4v) is 5.57. The van der Waals surface area contributed by atoms with Crippen LogP contribution in [0.15, 0.2) is 42.9 Å². The van der Waals surface area contributed by atoms with Gasteiger partial charge < -0.3 is 9.84 Å². The summed E-state index contributed by atoms with van der Waals surface area (Å²) < 4.78 is 7.95. The van der Waals surface area contributed by atoms with E-state index in [1.54, 1.807) is 0 Å². The monoisotopic (exact) mass is 611 g/mol. The van der Waals surface area contributed by atoms with Crippen molar-refractivity contribution in [2.75, 3.05) is 0 Å². The molecule has 12 heteroatoms. The van der Waals surface area contributed by atoms with Crippen molar-refractivity contribution in [1.82, 2.24) is 19.5 Å². The molecule has 0 aliphatic carbocycles. The van der Waals surface area contributed by atoms with Gasteiger partial charge in [0.15, 0.2) is 5.69 Å². The second kappa shape index (κ2) is 9.77. The number of carboxylic acid groups (broad SMARTS) is 1. The summed E-state index contributed by atoms with van der Waals surface area (Å²) in [5.41, 5.74) is 2.24. The minimum absolute atomic E-state index is 0.0392. The molecule has 33 heavy (non-hydrogen) atoms. The van der Waals surface area contributed by atoms with Gasteiger partial charge in [-0.05, 0) is 53.2 Å². The summed E-state index contributed by atoms with van der Waals surface area (Å²) in [6.07, 6.45) is 4.30. The maximum atomic E-state index is 11.3. The van der Waals surface area contributed by atoms with Crippen LogP contribution in [0.5, 0.6) is 5.75 Å². The third-order valence-electron chi connectivity index (χ3n) is 4.83. The molecule has 8 nitrogen and oxygen atoms in total. The van der Waals surface area contributed by atoms with Gasteiger partial charge in [-0.3, -0.25) is 4.98 Å². The molecule has 1 aromatic carbocycles. The molecule has 0 fully saturated rings. The Balaban J connectivity index is 1.79. The number of hydrogen-bond acceptors (Lipinski definition) is 6. The molecular weight excluding hydrogens is 599 g/mol. The van der Waals surface area contributed by atoms with Gasteiger partial charge in [0.25, 0.3) is 0 Å². The summed E-state index contributed by atoms with van der Waals surface area (Å²) in [5, 5.41) is 24.9. The van der Waals surface area contributed by atoms with Crippen molar-refractivity contribution in [3.05, 3.63) is 69.7 Å². The first-order chi connectivity index (χ1) is 15.8. The van der Waals surface area contributed by atoms with Gasteiger partial charge in [0, 0.05) is 35.1 Å². The zero-order chi connectivity index (χ0) is 23.7. The Kier molecular flexibility index (Phi) is 7.00. The number of carboxylic acids is 1. The number of aromatic nitrogens is 4. The van der Waals surface area contributed by atoms with Crippen LogP contribution in [-0.2, 0) is 0 Å². The van der Waals surface area contributed by atoms with Gasteiger partial charge in [0.2, 0.25) is 0 Å². The van der Waals surface area contributed by atoms with E-state index in [0.717, 1.165) is 10.9 Å². The summed E-state index contributed by atoms with van der Waals surface area (Å²) in [4.78, 5) is 19.3. The highest BCUT2D eigenvalue weighted by Gasteiger charge is 2.20. The third-order valence-corrected chi connectivity index (χ3v) is 7.30. The highest BCUT2D eigenvalue weighted by Crippen LogP contribution is 2.38. The van der Waals surface area contributed by atoms with Gasteiger partial charge in [-0.25, -0.2) is 14.2 Å². The summed E-state index contributed by atoms with van der Waals surface area (Å²) in [6.45, 7) is 1.83. The molecule has 0 saturated carbocycles. The smallest absolute Gasteiger partial charge is 0.355 e. The summed E-state index contributed by atoms with van der Waals surface area (Å²) in [7, 11) is 0. The number of nitriles is 1. The van der Waals surface area contributed by atoms with E-state index in [0.29, 0.717) is 39.0 Å². The fraction of sp³-hybridized carbons (Fsp3) is 0.0952. The predicted molar refractivity (Wildman–Crippen MR) is 136 cm³/mol. The standard InChI is InChI=1S/C21H13Cl2IN5O3P/c1-10(18-15(22)8-26-9-16(18)23)32-13-2-3-17-14(5-13)19(28-29(17)33-24)12-4-11(6-25)20(21(30)31)27-7-12/h2-5,7-10,33H,1H3,(H,30,31)/t10-/m1/s1. The number of pyridine rings is 2. The minimum atomic E-state index is -1.26. The number of rotatable bonds is 6. The lowest BCUT2D eigenvalue weighted by Crippen LogP contribution is -2.05. The van der Waals surface area contributed by atoms with Crippen LogP contribution in [0.1, 0.15) is 34.6 Å². The van der Waals surface area contributed by atoms with E-state index in [2.05, 4.69) is 37.1 Å². The highest BCUT2D eigenvalue weighted by molar-refractivity contribution is 14.2. The first-order valence-electron chi connectivity index (χ1n) is 9.32. The SMILES string of the molecule is C[C@@H](Oc1ccc2c(c1)c(-c1cnc(C(=O)O)c(C#N)c1)nn2PI)c1c(Cl)cncc1Cl. The quantitative estimate of drug-likeness (QED) is 0.201. The maximum Gasteiger partial charge on any atom is 0.355 e. The maximum absolute atomic E-state index is 11.3. The van der Waals surface area contributed by atoms with Gasteiger partial charge in [0.05, 0.1) is 27.5 Å². The Bertz CT molecular complexity index is 1420. The van der Waals surface area contributed by atoms with E-state index < -0.39 is 12.1 Å². The second-order valence-corrected chi connectivity index (χ2v) is 9.69. The van der Waals surface area contributed by atoms with Crippen molar-refractivity contribution >= 4 is 68.5 Å². The molecule has 0 saturated heterocycles. The van der Waals surface area contributed by atoms with E-state index in [4.69, 9.17) is 27.9 Å². The van der Waals surface area contributed by atoms with Crippen molar-refractivity contribution in [2.45, 2.75) is 13.0 Å². The molecule has 0 amide bonds. The summed E-state index contributed by atoms with van der Waals surface area (Å²) in [6, 6.07) is 8.92. The van der Waals surface area contributed by atoms with Crippen molar-refractivity contribution in [1.29, 1.82) is 5.26 Å². The number of halogens is 3. The molecule has 166 valence electrons. The minimum Gasteiger partial charge on any atom is -0.486 e. The van der Waals surface area contributed by atoms with E-state index in [9.17, 15) is 15.2 Å². The zero-order valence-corrected chi connectivity index (χ0v) is 21.4. The van der Waals surface area contributed by atoms with Crippen molar-refractivity contribution in [3.63, 3.8) is 0 Å². The molecule has 4 aromatic rings. The van der Waals surface area contributed by atoms with Crippen molar-refractivity contribution in [3.8, 4) is 23.1 Å². The van der Waals surface area contributed by atoms with Crippen LogP contribution in [0.2, 0.25) is 10.0 Å². The Morgan fingerprint density at radius 2 is 2.00 bits per heavy atom. The van der Waals surface area contributed by atoms with Gasteiger partial charge >= 0.3 is 5.97 Å². The molecule has 1 unspecified atom stereocenters. The molecule has 0 spiro atoms. The topological polar surface area (TPSA) is 114 Å². The lowest BCUT2D eigenvalue weighted by Gasteiger charge is -2.17. The number of aromatic carboxylic acids is 1. The molecule has 3 heterocycles. The first-order valence-corrected chi connectivity index (χ1v) is 14.1. The summed E-state index contributed by atoms with van der Waals surface area (Å²) >= 11 is 14.7. The normalized spacial score (nSPS) is 12.2. The van der Waals surface area contributed by atoms with Crippen LogP contribution in [0.25, 0.3) is 22.2 Å². The Labute approximate surface area is 212 Å². The predicted octanol–water partition coefficient (Wildman–Crippen LogP) is 6.30. The Morgan fingerprint density at radius 1 is 1.27 bits per heavy atom. The largest absolute Gasteiger partial charge is 0.486 e. The van der Waals surface area contributed by atoms with Crippen LogP contribution >= 0.6 is 51.6 Å². The van der Waals surface area contributed by atoms with E-state index >= 15 is 0 Å². The third kappa shape index (κ3) is 4.62. The molecule has 0 radical (unpaired) electrons. The number of fused-ring (bicyclic) bond motifs is 1. The van der Waals surface area contributed by atoms with Crippen LogP contribution in [0, 0.1) is 11.3 Å². The molecule has 2 atom stereocenters. The second-order valence-electron chi connectivity index (χ2n) is 6.84. The Morgan fingerprint density at radius 3 is 2.64 bits per heavy atom. The van der Waals surface area contributed by atoms with Crippen LogP contribution in [0.3, 0.4) is 0 Å². The highest BCUT2D eigenvalue weighted by atomic mass is 127. The number of nitrogens with zero attached hydrogens (tertiary/aromatic N) is 5. The molecule has 4 rings (SSSR count). The van der Waals surface area contributed by atoms with E-state index in [-0.39, 0.29) is 11.3 Å². The van der Waals surface area contributed by atoms with Gasteiger partial charge in [0.1, 0.15) is 23.6 Å². The van der Waals surface area contributed by atoms with Crippen LogP contribution < -0.4 is 4.74 Å². The molecule has 3 aromatic heterocycles. The Hall–Kier alpha value is -2.51. The molecule has 0 aliphatic heterocycles. The number of ether oxygens (including phenoxy) is 1. The molecule has 0 aliphatic rings. The number of benzene rings is 1. The van der Waals surface area contributed by atoms with Gasteiger partial charge in [-0.1, -0.05) is 23.2 Å². The zero-order valence-electron chi connectivity index (χ0n) is 16.8. The lowest BCUT2D eigenvalue weighted by atomic mass is 10.1. The average molecular weight is 612 g/mol. The van der Waals surface area contributed by atoms with Crippen molar-refractivity contribution < 1.29 is 14.6 Å². The molecule has 1 N–H and O–H groups in total. The lowest BCUT2D eigenvalue weighted by molar-refractivity contribution is 0.0690. The summed E-state index contributed by atoms with van der Waals surface area (Å²) in [5.74, 6) is -0.701. The van der Waals surface area contributed by atoms with Crippen molar-refractivity contribution in [2.24, 2.45) is 0 Å². The van der Waals surface area contributed by atoms with Crippen LogP contribution in [0.4, 0.5) is 0 Å². The molecular formula is C21H13Cl2IN5O3P. The van der Waals surface area contributed by atoms with Crippen LogP contribution in [-0.4, -0.2) is 30.6 Å².